The highest BCUT2D eigenvalue weighted by atomic mass is 35.5. The molecule has 11 nitrogen and oxygen atoms in total. The van der Waals surface area contributed by atoms with E-state index in [1.807, 2.05) is 28.1 Å². The highest BCUT2D eigenvalue weighted by Crippen LogP contribution is 2.30. The molecule has 0 saturated carbocycles. The molecule has 3 N–H and O–H groups in total. The van der Waals surface area contributed by atoms with Crippen molar-refractivity contribution in [1.29, 1.82) is 0 Å². The molecule has 4 rings (SSSR count). The normalized spacial score (nSPS) is 10.9. The van der Waals surface area contributed by atoms with Crippen LogP contribution in [0.5, 0.6) is 0 Å². The number of hydrogen-bond donors (Lipinski definition) is 3. The summed E-state index contributed by atoms with van der Waals surface area (Å²) in [5.74, 6) is 2.41. The number of methoxy groups -OCH3 is 1. The maximum atomic E-state index is 12.7. The third kappa shape index (κ3) is 12.6. The van der Waals surface area contributed by atoms with Crippen molar-refractivity contribution >= 4 is 29.5 Å². The van der Waals surface area contributed by atoms with E-state index in [-0.39, 0.29) is 11.8 Å². The van der Waals surface area contributed by atoms with Crippen LogP contribution in [0.4, 0.5) is 4.79 Å². The lowest BCUT2D eigenvalue weighted by molar-refractivity contribution is -0.133. The number of halogens is 1. The molecule has 0 aliphatic rings. The van der Waals surface area contributed by atoms with Crippen LogP contribution in [0.15, 0.2) is 54.7 Å². The number of imidazole rings is 2. The predicted octanol–water partition coefficient (Wildman–Crippen LogP) is 8.33. The SMILES string of the molecule is CCCN(Cc1ncc(-c2ccc(-c3ccc(-c4nc(CN(CCC)C(=O)CC(C)C)[nH]c4Cl)cc3)cc2)[nH]1)C(=O)CC(C)C.CNC(=O)OC. The van der Waals surface area contributed by atoms with Gasteiger partial charge < -0.3 is 29.8 Å². The van der Waals surface area contributed by atoms with Gasteiger partial charge >= 0.3 is 6.09 Å². The number of nitrogens with one attached hydrogen (secondary N) is 3. The number of carbonyl (C=O) groups excluding carboxylic acids is 3. The molecule has 0 unspecified atom stereocenters. The Morgan fingerprint density at radius 2 is 1.24 bits per heavy atom. The minimum Gasteiger partial charge on any atom is -0.453 e. The van der Waals surface area contributed by atoms with E-state index < -0.39 is 6.09 Å². The zero-order chi connectivity index (χ0) is 37.5. The number of aromatic nitrogens is 4. The zero-order valence-electron chi connectivity index (χ0n) is 31.3. The third-order valence-corrected chi connectivity index (χ3v) is 8.23. The molecule has 51 heavy (non-hydrogen) atoms. The van der Waals surface area contributed by atoms with E-state index in [9.17, 15) is 14.4 Å². The van der Waals surface area contributed by atoms with Crippen molar-refractivity contribution in [3.8, 4) is 33.6 Å². The lowest BCUT2D eigenvalue weighted by Gasteiger charge is -2.22. The number of rotatable bonds is 15. The number of alkyl carbamates (subject to hydrolysis) is 1. The Morgan fingerprint density at radius 3 is 1.67 bits per heavy atom. The van der Waals surface area contributed by atoms with Crippen LogP contribution in [0.2, 0.25) is 5.15 Å². The van der Waals surface area contributed by atoms with Gasteiger partial charge in [-0.05, 0) is 41.4 Å². The summed E-state index contributed by atoms with van der Waals surface area (Å²) in [5.41, 5.74) is 5.71. The van der Waals surface area contributed by atoms with Crippen LogP contribution >= 0.6 is 11.6 Å². The summed E-state index contributed by atoms with van der Waals surface area (Å²) in [6.45, 7) is 14.7. The molecule has 0 saturated heterocycles. The number of aromatic amines is 2. The van der Waals surface area contributed by atoms with E-state index >= 15 is 0 Å². The molecular formula is C39H54ClN7O4. The quantitative estimate of drug-likeness (QED) is 0.113. The summed E-state index contributed by atoms with van der Waals surface area (Å²) in [5, 5.41) is 2.72. The molecule has 276 valence electrons. The first-order valence-corrected chi connectivity index (χ1v) is 18.1. The van der Waals surface area contributed by atoms with Crippen LogP contribution in [-0.4, -0.2) is 74.9 Å². The Morgan fingerprint density at radius 1 is 0.765 bits per heavy atom. The zero-order valence-corrected chi connectivity index (χ0v) is 32.1. The van der Waals surface area contributed by atoms with E-state index in [4.69, 9.17) is 16.6 Å². The minimum absolute atomic E-state index is 0.136. The summed E-state index contributed by atoms with van der Waals surface area (Å²) in [7, 11) is 2.82. The lowest BCUT2D eigenvalue weighted by atomic mass is 10.0. The highest BCUT2D eigenvalue weighted by molar-refractivity contribution is 6.31. The van der Waals surface area contributed by atoms with E-state index in [1.165, 1.54) is 14.2 Å². The topological polar surface area (TPSA) is 136 Å². The lowest BCUT2D eigenvalue weighted by Crippen LogP contribution is -2.32. The molecule has 0 radical (unpaired) electrons. The summed E-state index contributed by atoms with van der Waals surface area (Å²) in [4.78, 5) is 54.9. The van der Waals surface area contributed by atoms with Gasteiger partial charge in [-0.15, -0.1) is 0 Å². The van der Waals surface area contributed by atoms with Crippen LogP contribution in [0.25, 0.3) is 33.6 Å². The number of benzene rings is 2. The van der Waals surface area contributed by atoms with Crippen molar-refractivity contribution < 1.29 is 19.1 Å². The second-order valence-corrected chi connectivity index (χ2v) is 13.7. The van der Waals surface area contributed by atoms with Gasteiger partial charge in [-0.3, -0.25) is 9.59 Å². The number of hydrogen-bond acceptors (Lipinski definition) is 6. The minimum atomic E-state index is -0.407. The van der Waals surface area contributed by atoms with Gasteiger partial charge in [0.05, 0.1) is 32.1 Å². The average Bonchev–Trinajstić information content (AvgIpc) is 3.73. The first-order chi connectivity index (χ1) is 24.4. The molecular weight excluding hydrogens is 666 g/mol. The molecule has 2 aromatic carbocycles. The maximum absolute atomic E-state index is 12.7. The van der Waals surface area contributed by atoms with Gasteiger partial charge in [0.1, 0.15) is 22.5 Å². The average molecular weight is 720 g/mol. The fraction of sp³-hybridized carbons (Fsp3) is 0.462. The third-order valence-electron chi connectivity index (χ3n) is 7.95. The fourth-order valence-corrected chi connectivity index (χ4v) is 5.72. The van der Waals surface area contributed by atoms with Gasteiger partial charge in [-0.2, -0.15) is 0 Å². The van der Waals surface area contributed by atoms with Crippen molar-refractivity contribution in [3.63, 3.8) is 0 Å². The Labute approximate surface area is 307 Å². The number of nitrogens with zero attached hydrogens (tertiary/aromatic N) is 4. The number of ether oxygens (including phenoxy) is 1. The highest BCUT2D eigenvalue weighted by Gasteiger charge is 2.19. The molecule has 0 atom stereocenters. The first-order valence-electron chi connectivity index (χ1n) is 17.7. The van der Waals surface area contributed by atoms with E-state index in [1.54, 1.807) is 0 Å². The summed E-state index contributed by atoms with van der Waals surface area (Å²) in [6.07, 6.45) is 4.29. The van der Waals surface area contributed by atoms with Gasteiger partial charge in [-0.1, -0.05) is 102 Å². The Hall–Kier alpha value is -4.64. The largest absolute Gasteiger partial charge is 0.453 e. The van der Waals surface area contributed by atoms with Gasteiger partial charge in [0.2, 0.25) is 11.8 Å². The van der Waals surface area contributed by atoms with Crippen molar-refractivity contribution in [2.75, 3.05) is 27.2 Å². The molecule has 2 heterocycles. The van der Waals surface area contributed by atoms with Crippen LogP contribution in [-0.2, 0) is 27.4 Å². The van der Waals surface area contributed by atoms with Crippen LogP contribution < -0.4 is 5.32 Å². The Kier molecular flexibility index (Phi) is 16.2. The number of carbonyl (C=O) groups is 3. The first kappa shape index (κ1) is 40.8. The van der Waals surface area contributed by atoms with Crippen LogP contribution in [0, 0.1) is 11.8 Å². The van der Waals surface area contributed by atoms with Crippen molar-refractivity contribution in [2.24, 2.45) is 11.8 Å². The predicted molar refractivity (Wildman–Crippen MR) is 204 cm³/mol. The molecule has 0 spiro atoms. The second-order valence-electron chi connectivity index (χ2n) is 13.3. The molecule has 0 fully saturated rings. The van der Waals surface area contributed by atoms with E-state index in [2.05, 4.69) is 103 Å². The molecule has 0 aliphatic carbocycles. The van der Waals surface area contributed by atoms with Gasteiger partial charge in [0.25, 0.3) is 0 Å². The molecule has 0 bridgehead atoms. The summed E-state index contributed by atoms with van der Waals surface area (Å²) >= 11 is 6.57. The number of amides is 3. The molecule has 4 aromatic rings. The monoisotopic (exact) mass is 719 g/mol. The van der Waals surface area contributed by atoms with Gasteiger partial charge in [0, 0.05) is 38.5 Å². The fourth-order valence-electron chi connectivity index (χ4n) is 5.46. The van der Waals surface area contributed by atoms with E-state index in [0.29, 0.717) is 61.0 Å². The molecule has 3 amide bonds. The van der Waals surface area contributed by atoms with Crippen molar-refractivity contribution in [3.05, 3.63) is 71.5 Å². The second kappa shape index (κ2) is 20.3. The van der Waals surface area contributed by atoms with Crippen molar-refractivity contribution in [2.45, 2.75) is 80.3 Å². The van der Waals surface area contributed by atoms with Gasteiger partial charge in [-0.25, -0.2) is 14.8 Å². The smallest absolute Gasteiger partial charge is 0.406 e. The standard InChI is InChI=1S/C36H47ClN6O2.C3H7NO2/c1-7-17-42(33(44)19-24(3)4)22-31-38-21-30(39-31)28-13-9-26(10-14-28)27-11-15-29(16-12-27)35-36(37)41-32(40-35)23-43(18-8-2)34(45)20-25(5)6;1-4-3(5)6-2/h9-16,21,24-25H,7-8,17-20,22-23H2,1-6H3,(H,38,39)(H,40,41);1-2H3,(H,4,5). The maximum Gasteiger partial charge on any atom is 0.406 e. The Balaban J connectivity index is 0.00000107. The molecule has 12 heteroatoms. The molecule has 2 aromatic heterocycles. The summed E-state index contributed by atoms with van der Waals surface area (Å²) < 4.78 is 4.15. The summed E-state index contributed by atoms with van der Waals surface area (Å²) in [6, 6.07) is 16.5. The van der Waals surface area contributed by atoms with E-state index in [0.717, 1.165) is 53.2 Å². The van der Waals surface area contributed by atoms with Crippen LogP contribution in [0.3, 0.4) is 0 Å². The number of H-pyrrole nitrogens is 2. The van der Waals surface area contributed by atoms with Gasteiger partial charge in [0.15, 0.2) is 0 Å². The van der Waals surface area contributed by atoms with Crippen LogP contribution in [0.1, 0.15) is 78.9 Å². The molecule has 0 aliphatic heterocycles. The van der Waals surface area contributed by atoms with Crippen molar-refractivity contribution in [1.82, 2.24) is 35.1 Å². The Bertz CT molecular complexity index is 1670.